The second kappa shape index (κ2) is 15.5. The van der Waals surface area contributed by atoms with Crippen LogP contribution in [0.3, 0.4) is 0 Å². The van der Waals surface area contributed by atoms with Gasteiger partial charge in [-0.15, -0.1) is 11.3 Å². The number of carbonyl (C=O) groups excluding carboxylic acids is 4. The van der Waals surface area contributed by atoms with E-state index in [4.69, 9.17) is 0 Å². The van der Waals surface area contributed by atoms with Gasteiger partial charge in [-0.2, -0.15) is 0 Å². The van der Waals surface area contributed by atoms with Crippen LogP contribution in [-0.4, -0.2) is 74.1 Å². The van der Waals surface area contributed by atoms with E-state index >= 15 is 8.78 Å². The molecule has 5 aromatic rings. The highest BCUT2D eigenvalue weighted by Crippen LogP contribution is 2.38. The second-order valence-corrected chi connectivity index (χ2v) is 16.5. The Kier molecular flexibility index (Phi) is 10.1. The summed E-state index contributed by atoms with van der Waals surface area (Å²) in [5, 5.41) is 7.31. The van der Waals surface area contributed by atoms with Crippen molar-refractivity contribution >= 4 is 45.8 Å². The van der Waals surface area contributed by atoms with E-state index in [2.05, 4.69) is 30.4 Å². The summed E-state index contributed by atoms with van der Waals surface area (Å²) in [6.45, 7) is 2.95. The summed E-state index contributed by atoms with van der Waals surface area (Å²) >= 11 is 1.28. The highest BCUT2D eigenvalue weighted by molar-refractivity contribution is 7.13. The van der Waals surface area contributed by atoms with Gasteiger partial charge < -0.3 is 14.4 Å². The first kappa shape index (κ1) is 37.8. The van der Waals surface area contributed by atoms with Crippen LogP contribution >= 0.6 is 11.3 Å². The molecule has 2 atom stereocenters. The molecule has 2 saturated heterocycles. The van der Waals surface area contributed by atoms with Crippen LogP contribution in [0, 0.1) is 11.6 Å². The Hall–Kier alpha value is -5.80. The third kappa shape index (κ3) is 7.17. The summed E-state index contributed by atoms with van der Waals surface area (Å²) in [4.78, 5) is 66.5. The van der Waals surface area contributed by atoms with Gasteiger partial charge in [-0.1, -0.05) is 24.3 Å². The monoisotopic (exact) mass is 804 g/mol. The molecular formula is C43H42F2N8O4S. The number of nitrogens with zero attached hydrogens (tertiary/aromatic N) is 6. The highest BCUT2D eigenvalue weighted by atomic mass is 32.1. The molecule has 0 aliphatic carbocycles. The molecule has 298 valence electrons. The summed E-state index contributed by atoms with van der Waals surface area (Å²) < 4.78 is 33.0. The summed E-state index contributed by atoms with van der Waals surface area (Å²) in [6, 6.07) is 15.4. The molecule has 0 radical (unpaired) electrons. The largest absolute Gasteiger partial charge is 0.371 e. The molecule has 0 saturated carbocycles. The number of hydrogen-bond acceptors (Lipinski definition) is 9. The lowest BCUT2D eigenvalue weighted by molar-refractivity contribution is -0.134. The molecule has 2 N–H and O–H groups in total. The summed E-state index contributed by atoms with van der Waals surface area (Å²) in [5.41, 5.74) is 5.45. The van der Waals surface area contributed by atoms with Crippen LogP contribution in [0.2, 0.25) is 0 Å². The number of thiazole rings is 1. The molecule has 0 spiro atoms. The first-order valence-electron chi connectivity index (χ1n) is 19.7. The van der Waals surface area contributed by atoms with E-state index in [1.807, 2.05) is 41.9 Å². The van der Waals surface area contributed by atoms with Crippen molar-refractivity contribution in [3.63, 3.8) is 0 Å². The topological polar surface area (TPSA) is 133 Å². The van der Waals surface area contributed by atoms with Crippen molar-refractivity contribution in [1.82, 2.24) is 29.7 Å². The molecule has 6 heterocycles. The van der Waals surface area contributed by atoms with Gasteiger partial charge in [0.2, 0.25) is 11.8 Å². The fourth-order valence-corrected chi connectivity index (χ4v) is 9.49. The van der Waals surface area contributed by atoms with Gasteiger partial charge in [-0.3, -0.25) is 34.7 Å². The Morgan fingerprint density at radius 2 is 1.78 bits per heavy atom. The van der Waals surface area contributed by atoms with E-state index in [1.165, 1.54) is 28.4 Å². The lowest BCUT2D eigenvalue weighted by Crippen LogP contribution is -2.43. The molecule has 2 aromatic heterocycles. The average Bonchev–Trinajstić information content (AvgIpc) is 4.04. The number of aromatic nitrogens is 3. The van der Waals surface area contributed by atoms with Crippen molar-refractivity contribution in [2.45, 2.75) is 76.2 Å². The lowest BCUT2D eigenvalue weighted by Gasteiger charge is -2.38. The third-order valence-corrected chi connectivity index (χ3v) is 12.7. The fraction of sp³-hybridized carbons (Fsp3) is 0.349. The van der Waals surface area contributed by atoms with E-state index in [0.717, 1.165) is 67.8 Å². The van der Waals surface area contributed by atoms with Gasteiger partial charge in [-0.05, 0) is 86.2 Å². The number of anilines is 2. The van der Waals surface area contributed by atoms with Gasteiger partial charge in [0.15, 0.2) is 11.2 Å². The number of nitrogens with one attached hydrogen (secondary N) is 2. The zero-order valence-corrected chi connectivity index (χ0v) is 32.7. The summed E-state index contributed by atoms with van der Waals surface area (Å²) in [6.07, 6.45) is 7.29. The van der Waals surface area contributed by atoms with Gasteiger partial charge in [0.05, 0.1) is 24.5 Å². The average molecular weight is 805 g/mol. The van der Waals surface area contributed by atoms with Crippen molar-refractivity contribution in [2.24, 2.45) is 0 Å². The highest BCUT2D eigenvalue weighted by Gasteiger charge is 2.42. The molecule has 2 unspecified atom stereocenters. The van der Waals surface area contributed by atoms with Crippen LogP contribution in [0.15, 0.2) is 72.5 Å². The molecule has 0 bridgehead atoms. The number of hydrogen-bond donors (Lipinski definition) is 2. The summed E-state index contributed by atoms with van der Waals surface area (Å²) in [7, 11) is 2.04. The van der Waals surface area contributed by atoms with Crippen molar-refractivity contribution in [3.8, 4) is 11.1 Å². The number of carbonyl (C=O) groups is 4. The van der Waals surface area contributed by atoms with E-state index in [0.29, 0.717) is 41.0 Å². The van der Waals surface area contributed by atoms with E-state index in [-0.39, 0.29) is 30.0 Å². The van der Waals surface area contributed by atoms with Gasteiger partial charge >= 0.3 is 0 Å². The molecule has 2 fully saturated rings. The Morgan fingerprint density at radius 1 is 0.966 bits per heavy atom. The number of aryl methyl sites for hydroxylation is 1. The number of fused-ring (bicyclic) bond motifs is 2. The Balaban J connectivity index is 0.848. The number of halogens is 2. The minimum absolute atomic E-state index is 0.0552. The van der Waals surface area contributed by atoms with Gasteiger partial charge in [-0.25, -0.2) is 18.7 Å². The fourth-order valence-electron chi connectivity index (χ4n) is 8.95. The van der Waals surface area contributed by atoms with Crippen LogP contribution in [0.1, 0.15) is 82.5 Å². The standard InChI is InChI=1S/C43H42F2N8O4S/c1-50(22-25-4-9-30(34(44)19-25)31-10-11-37(54)48-40(31)55)28-12-16-51(17-13-28)29-7-5-26(6-8-29)27-20-32-33(35(45)21-27)23-53(42(32)57)39(41(56)49-43-46-14-18-58-43)38-36-3-2-15-52(36)24-47-38/h4-9,14,18-21,24,28,31,39H,2-3,10-13,15-17,22-23H2,1H3,(H,46,49,56)(H,48,54,55). The van der Waals surface area contributed by atoms with Crippen molar-refractivity contribution in [2.75, 3.05) is 30.4 Å². The molecular weight excluding hydrogens is 763 g/mol. The number of benzene rings is 3. The molecule has 58 heavy (non-hydrogen) atoms. The number of piperidine rings is 2. The lowest BCUT2D eigenvalue weighted by atomic mass is 9.89. The van der Waals surface area contributed by atoms with Crippen LogP contribution in [-0.2, 0) is 40.4 Å². The molecule has 4 aliphatic heterocycles. The molecule has 9 rings (SSSR count). The number of rotatable bonds is 10. The second-order valence-electron chi connectivity index (χ2n) is 15.6. The maximum absolute atomic E-state index is 15.9. The predicted octanol–water partition coefficient (Wildman–Crippen LogP) is 6.19. The number of imidazole rings is 1. The zero-order valence-electron chi connectivity index (χ0n) is 31.9. The van der Waals surface area contributed by atoms with Crippen LogP contribution in [0.5, 0.6) is 0 Å². The maximum atomic E-state index is 15.9. The third-order valence-electron chi connectivity index (χ3n) is 12.1. The van der Waals surface area contributed by atoms with Crippen molar-refractivity contribution in [3.05, 3.63) is 118 Å². The SMILES string of the molecule is CN(Cc1ccc(C2CCC(=O)NC2=O)c(F)c1)C1CCN(c2ccc(-c3cc(F)c4c(c3)C(=O)N(C(C(=O)Nc3nccs3)c3ncn5c3CCC5)C4)cc2)CC1. The maximum Gasteiger partial charge on any atom is 0.255 e. The molecule has 3 aromatic carbocycles. The molecule has 15 heteroatoms. The van der Waals surface area contributed by atoms with E-state index in [1.54, 1.807) is 30.0 Å². The van der Waals surface area contributed by atoms with E-state index in [9.17, 15) is 19.2 Å². The van der Waals surface area contributed by atoms with Crippen LogP contribution < -0.4 is 15.5 Å². The Morgan fingerprint density at radius 3 is 2.52 bits per heavy atom. The zero-order chi connectivity index (χ0) is 40.1. The van der Waals surface area contributed by atoms with Crippen LogP contribution in [0.25, 0.3) is 11.1 Å². The molecule has 12 nitrogen and oxygen atoms in total. The molecule has 4 aliphatic rings. The van der Waals surface area contributed by atoms with Crippen LogP contribution in [0.4, 0.5) is 19.6 Å². The quantitative estimate of drug-likeness (QED) is 0.160. The predicted molar refractivity (Wildman–Crippen MR) is 214 cm³/mol. The van der Waals surface area contributed by atoms with Crippen molar-refractivity contribution in [1.29, 1.82) is 0 Å². The first-order chi connectivity index (χ1) is 28.1. The molecule has 4 amide bonds. The van der Waals surface area contributed by atoms with E-state index < -0.39 is 41.3 Å². The minimum atomic E-state index is -1.05. The van der Waals surface area contributed by atoms with Crippen molar-refractivity contribution < 1.29 is 28.0 Å². The van der Waals surface area contributed by atoms with Gasteiger partial charge in [0.1, 0.15) is 11.6 Å². The Bertz CT molecular complexity index is 2410. The Labute approximate surface area is 337 Å². The normalized spacial score (nSPS) is 18.8. The summed E-state index contributed by atoms with van der Waals surface area (Å²) in [5.74, 6) is -3.21. The smallest absolute Gasteiger partial charge is 0.255 e. The first-order valence-corrected chi connectivity index (χ1v) is 20.5. The number of imide groups is 1. The van der Waals surface area contributed by atoms with Gasteiger partial charge in [0, 0.05) is 78.3 Å². The van der Waals surface area contributed by atoms with Gasteiger partial charge in [0.25, 0.3) is 11.8 Å². The minimum Gasteiger partial charge on any atom is -0.371 e. The number of amides is 4.